The van der Waals surface area contributed by atoms with Crippen LogP contribution in [0.5, 0.6) is 0 Å². The molecule has 3 aliphatic rings. The number of fused-ring (bicyclic) bond motifs is 10. The topological polar surface area (TPSA) is 3.24 Å². The predicted octanol–water partition coefficient (Wildman–Crippen LogP) is 16.6. The van der Waals surface area contributed by atoms with E-state index < -0.39 is 5.41 Å². The van der Waals surface area contributed by atoms with Gasteiger partial charge in [0.25, 0.3) is 0 Å². The molecule has 1 heteroatoms. The molecule has 0 fully saturated rings. The Bertz CT molecular complexity index is 3210. The molecule has 11 rings (SSSR count). The average molecular weight is 810 g/mol. The fraction of sp³-hybridized carbons (Fsp3) is 0.129. The molecule has 1 unspecified atom stereocenters. The first-order chi connectivity index (χ1) is 30.7. The fourth-order valence-electron chi connectivity index (χ4n) is 11.2. The van der Waals surface area contributed by atoms with Gasteiger partial charge in [0.15, 0.2) is 0 Å². The van der Waals surface area contributed by atoms with E-state index in [2.05, 4.69) is 247 Å². The van der Waals surface area contributed by atoms with Crippen LogP contribution in [0.25, 0.3) is 50.1 Å². The van der Waals surface area contributed by atoms with Crippen molar-refractivity contribution >= 4 is 22.6 Å². The van der Waals surface area contributed by atoms with Crippen LogP contribution < -0.4 is 4.90 Å². The van der Waals surface area contributed by atoms with Crippen molar-refractivity contribution in [2.24, 2.45) is 0 Å². The summed E-state index contributed by atoms with van der Waals surface area (Å²) < 4.78 is 0. The van der Waals surface area contributed by atoms with E-state index in [-0.39, 0.29) is 5.41 Å². The molecule has 1 atom stereocenters. The lowest BCUT2D eigenvalue weighted by atomic mass is 9.67. The molecular weight excluding hydrogens is 759 g/mol. The SMILES string of the molecule is C/C=C\C1=C(/C=C\C)C2(c3cc(C)ccc31)c1ccccc1-c1cccc(-c3ccc(N(c4ccc(-c5ccc(C)cc5)cc4)c4ccc5c(c4)C(C)(C)c4ccccc4-5)cc3)c12. The average Bonchev–Trinajstić information content (AvgIpc) is 3.85. The predicted molar refractivity (Wildman–Crippen MR) is 267 cm³/mol. The summed E-state index contributed by atoms with van der Waals surface area (Å²) in [7, 11) is 0. The third-order valence-corrected chi connectivity index (χ3v) is 14.1. The Hall–Kier alpha value is -7.22. The molecule has 0 aliphatic heterocycles. The van der Waals surface area contributed by atoms with Crippen LogP contribution in [0.2, 0.25) is 0 Å². The van der Waals surface area contributed by atoms with Crippen LogP contribution in [0.3, 0.4) is 0 Å². The van der Waals surface area contributed by atoms with Gasteiger partial charge in [-0.25, -0.2) is 0 Å². The maximum Gasteiger partial charge on any atom is 0.0731 e. The highest BCUT2D eigenvalue weighted by Gasteiger charge is 2.53. The van der Waals surface area contributed by atoms with Gasteiger partial charge in [-0.3, -0.25) is 0 Å². The van der Waals surface area contributed by atoms with Gasteiger partial charge in [-0.05, 0) is 153 Å². The van der Waals surface area contributed by atoms with Gasteiger partial charge in [0, 0.05) is 22.5 Å². The third kappa shape index (κ3) is 5.76. The first-order valence-electron chi connectivity index (χ1n) is 22.4. The molecule has 0 N–H and O–H groups in total. The zero-order chi connectivity index (χ0) is 43.0. The van der Waals surface area contributed by atoms with Crippen LogP contribution >= 0.6 is 0 Å². The van der Waals surface area contributed by atoms with Crippen molar-refractivity contribution in [1.82, 2.24) is 0 Å². The van der Waals surface area contributed by atoms with E-state index >= 15 is 0 Å². The first kappa shape index (κ1) is 38.7. The maximum atomic E-state index is 2.44. The van der Waals surface area contributed by atoms with Crippen molar-refractivity contribution in [3.05, 3.63) is 250 Å². The standard InChI is InChI=1S/C62H51N/c1-7-14-49-53-36-24-41(4)38-59(53)62(56(49)15-8-2)57-21-12-10-17-51(57)54-19-13-18-48(60(54)62)44-29-33-46(34-30-44)63(45-31-27-43(28-32-45)42-25-22-40(3)23-26-42)47-35-37-52-50-16-9-11-20-55(50)61(5,6)58(52)39-47/h7-39H,1-6H3/b14-7-,15-8-. The third-order valence-electron chi connectivity index (χ3n) is 14.1. The molecule has 0 saturated heterocycles. The molecular formula is C62H51N. The lowest BCUT2D eigenvalue weighted by Gasteiger charge is -2.33. The molecule has 8 aromatic carbocycles. The molecule has 0 aromatic heterocycles. The highest BCUT2D eigenvalue weighted by atomic mass is 15.1. The number of hydrogen-bond acceptors (Lipinski definition) is 1. The maximum absolute atomic E-state index is 2.44. The van der Waals surface area contributed by atoms with Crippen LogP contribution in [0, 0.1) is 13.8 Å². The van der Waals surface area contributed by atoms with E-state index in [1.54, 1.807) is 0 Å². The molecule has 0 heterocycles. The van der Waals surface area contributed by atoms with Gasteiger partial charge >= 0.3 is 0 Å². The zero-order valence-corrected chi connectivity index (χ0v) is 37.0. The lowest BCUT2D eigenvalue weighted by Crippen LogP contribution is -2.27. The zero-order valence-electron chi connectivity index (χ0n) is 37.0. The largest absolute Gasteiger partial charge is 0.310 e. The molecule has 3 aliphatic carbocycles. The number of nitrogens with zero attached hydrogens (tertiary/aromatic N) is 1. The van der Waals surface area contributed by atoms with Crippen LogP contribution in [0.1, 0.15) is 72.2 Å². The van der Waals surface area contributed by atoms with E-state index in [9.17, 15) is 0 Å². The second kappa shape index (κ2) is 14.7. The van der Waals surface area contributed by atoms with Gasteiger partial charge in [0.2, 0.25) is 0 Å². The fourth-order valence-corrected chi connectivity index (χ4v) is 11.2. The van der Waals surface area contributed by atoms with Gasteiger partial charge in [0.05, 0.1) is 5.41 Å². The molecule has 0 bridgehead atoms. The quantitative estimate of drug-likeness (QED) is 0.155. The van der Waals surface area contributed by atoms with Crippen LogP contribution in [-0.4, -0.2) is 0 Å². The Morgan fingerprint density at radius 3 is 1.60 bits per heavy atom. The highest BCUT2D eigenvalue weighted by molar-refractivity contribution is 6.01. The van der Waals surface area contributed by atoms with Gasteiger partial charge in [-0.2, -0.15) is 0 Å². The molecule has 63 heavy (non-hydrogen) atoms. The summed E-state index contributed by atoms with van der Waals surface area (Å²) >= 11 is 0. The second-order valence-corrected chi connectivity index (χ2v) is 18.1. The van der Waals surface area contributed by atoms with Crippen molar-refractivity contribution in [1.29, 1.82) is 0 Å². The van der Waals surface area contributed by atoms with E-state index in [0.29, 0.717) is 0 Å². The Morgan fingerprint density at radius 1 is 0.397 bits per heavy atom. The molecule has 1 nitrogen and oxygen atoms in total. The minimum absolute atomic E-state index is 0.113. The summed E-state index contributed by atoms with van der Waals surface area (Å²) in [6, 6.07) is 66.3. The van der Waals surface area contributed by atoms with Gasteiger partial charge < -0.3 is 4.90 Å². The molecule has 0 radical (unpaired) electrons. The normalized spacial score (nSPS) is 16.4. The smallest absolute Gasteiger partial charge is 0.0731 e. The Morgan fingerprint density at radius 2 is 0.921 bits per heavy atom. The van der Waals surface area contributed by atoms with Gasteiger partial charge in [-0.15, -0.1) is 0 Å². The molecule has 0 saturated carbocycles. The van der Waals surface area contributed by atoms with E-state index in [1.807, 2.05) is 0 Å². The number of anilines is 3. The van der Waals surface area contributed by atoms with Gasteiger partial charge in [-0.1, -0.05) is 189 Å². The summed E-state index contributed by atoms with van der Waals surface area (Å²) in [6.07, 6.45) is 9.10. The molecule has 304 valence electrons. The monoisotopic (exact) mass is 809 g/mol. The van der Waals surface area contributed by atoms with E-state index in [1.165, 1.54) is 100 Å². The Kier molecular flexibility index (Phi) is 9.03. The number of allylic oxidation sites excluding steroid dienone is 6. The van der Waals surface area contributed by atoms with Gasteiger partial charge in [0.1, 0.15) is 0 Å². The van der Waals surface area contributed by atoms with E-state index in [4.69, 9.17) is 0 Å². The summed E-state index contributed by atoms with van der Waals surface area (Å²) in [5.41, 5.74) is 26.3. The van der Waals surface area contributed by atoms with Crippen LogP contribution in [-0.2, 0) is 10.8 Å². The van der Waals surface area contributed by atoms with Crippen molar-refractivity contribution in [2.75, 3.05) is 4.90 Å². The Labute approximate surface area is 373 Å². The highest BCUT2D eigenvalue weighted by Crippen LogP contribution is 2.64. The van der Waals surface area contributed by atoms with Crippen molar-refractivity contribution in [3.63, 3.8) is 0 Å². The molecule has 8 aromatic rings. The molecule has 1 spiro atoms. The second-order valence-electron chi connectivity index (χ2n) is 18.1. The number of rotatable bonds is 7. The number of hydrogen-bond donors (Lipinski definition) is 0. The van der Waals surface area contributed by atoms with Crippen molar-refractivity contribution in [2.45, 2.75) is 52.4 Å². The van der Waals surface area contributed by atoms with Crippen LogP contribution in [0.15, 0.2) is 206 Å². The van der Waals surface area contributed by atoms with Crippen LogP contribution in [0.4, 0.5) is 17.1 Å². The summed E-state index contributed by atoms with van der Waals surface area (Å²) in [4.78, 5) is 2.43. The first-order valence-corrected chi connectivity index (χ1v) is 22.4. The van der Waals surface area contributed by atoms with Crippen molar-refractivity contribution < 1.29 is 0 Å². The van der Waals surface area contributed by atoms with Crippen molar-refractivity contribution in [3.8, 4) is 44.5 Å². The van der Waals surface area contributed by atoms with E-state index in [0.717, 1.165) is 17.1 Å². The minimum Gasteiger partial charge on any atom is -0.310 e. The minimum atomic E-state index is -0.468. The molecule has 0 amide bonds. The summed E-state index contributed by atoms with van der Waals surface area (Å²) in [6.45, 7) is 13.4. The Balaban J connectivity index is 1.08. The number of benzene rings is 8. The lowest BCUT2D eigenvalue weighted by molar-refractivity contribution is 0.660. The summed E-state index contributed by atoms with van der Waals surface area (Å²) in [5.74, 6) is 0. The summed E-state index contributed by atoms with van der Waals surface area (Å²) in [5, 5.41) is 0. The number of aryl methyl sites for hydroxylation is 2.